The zero-order valence-corrected chi connectivity index (χ0v) is 16.6. The summed E-state index contributed by atoms with van der Waals surface area (Å²) in [6.07, 6.45) is 6.97. The molecule has 1 aliphatic heterocycles. The molecule has 2 rings (SSSR count). The van der Waals surface area contributed by atoms with Gasteiger partial charge in [0.1, 0.15) is 11.2 Å². The van der Waals surface area contributed by atoms with E-state index in [2.05, 4.69) is 26.6 Å². The number of ketones is 1. The average molecular weight is 341 g/mol. The number of fused-ring (bicyclic) bond motifs is 2. The van der Waals surface area contributed by atoms with Gasteiger partial charge >= 0.3 is 0 Å². The van der Waals surface area contributed by atoms with Gasteiger partial charge in [-0.2, -0.15) is 0 Å². The van der Waals surface area contributed by atoms with Gasteiger partial charge in [0.05, 0.1) is 6.10 Å². The Morgan fingerprint density at radius 3 is 2.57 bits per heavy atom. The Hall–Kier alpha value is -0.493. The van der Waals surface area contributed by atoms with Gasteiger partial charge < -0.3 is 4.43 Å². The van der Waals surface area contributed by atoms with Crippen molar-refractivity contribution in [2.24, 2.45) is 11.8 Å². The second-order valence-electron chi connectivity index (χ2n) is 8.81. The Bertz CT molecular complexity index is 480. The van der Waals surface area contributed by atoms with E-state index >= 15 is 0 Å². The number of rotatable bonds is 5. The molecule has 0 aromatic carbocycles. The predicted molar refractivity (Wildman–Crippen MR) is 93.5 cm³/mol. The van der Waals surface area contributed by atoms with Gasteiger partial charge in [-0.3, -0.25) is 4.79 Å². The number of hydrogen-bond acceptors (Lipinski definition) is 4. The highest BCUT2D eigenvalue weighted by atomic mass is 28.4. The molecule has 0 aromatic heterocycles. The molecule has 5 heteroatoms. The topological polar surface area (TPSA) is 44.8 Å². The van der Waals surface area contributed by atoms with Gasteiger partial charge in [0.25, 0.3) is 0 Å². The standard InChI is InChI=1S/C18H32O4Si/c1-13-8-9-14-12-15(13)20-21-18(14,4)11-10-16(19)17(2,3)22-23(5,6)7/h10-11,13-15H,8-9,12H2,1-7H3/b11-10+/t13-,14+,15+,18-/m1/s1. The first-order valence-corrected chi connectivity index (χ1v) is 12.1. The average Bonchev–Trinajstić information content (AvgIpc) is 2.41. The third-order valence-corrected chi connectivity index (χ3v) is 6.13. The van der Waals surface area contributed by atoms with Crippen LogP contribution in [0.25, 0.3) is 0 Å². The summed E-state index contributed by atoms with van der Waals surface area (Å²) < 4.78 is 6.02. The first kappa shape index (κ1) is 18.8. The minimum Gasteiger partial charge on any atom is -0.405 e. The third-order valence-electron chi connectivity index (χ3n) is 5.00. The van der Waals surface area contributed by atoms with Crippen molar-refractivity contribution in [2.75, 3.05) is 0 Å². The number of carbonyl (C=O) groups is 1. The van der Waals surface area contributed by atoms with Crippen molar-refractivity contribution in [1.82, 2.24) is 0 Å². The molecular weight excluding hydrogens is 308 g/mol. The third kappa shape index (κ3) is 4.53. The molecule has 4 nitrogen and oxygen atoms in total. The zero-order valence-electron chi connectivity index (χ0n) is 15.6. The van der Waals surface area contributed by atoms with Gasteiger partial charge in [-0.05, 0) is 83.7 Å². The van der Waals surface area contributed by atoms with E-state index in [1.165, 1.54) is 0 Å². The molecule has 0 radical (unpaired) electrons. The number of hydrogen-bond donors (Lipinski definition) is 0. The van der Waals surface area contributed by atoms with E-state index in [4.69, 9.17) is 14.2 Å². The maximum absolute atomic E-state index is 12.6. The summed E-state index contributed by atoms with van der Waals surface area (Å²) in [6, 6.07) is 0. The van der Waals surface area contributed by atoms with E-state index < -0.39 is 19.5 Å². The molecule has 2 aliphatic rings. The van der Waals surface area contributed by atoms with Crippen molar-refractivity contribution in [1.29, 1.82) is 0 Å². The molecule has 0 spiro atoms. The van der Waals surface area contributed by atoms with Crippen molar-refractivity contribution >= 4 is 14.1 Å². The Labute approximate surface area is 141 Å². The molecule has 0 N–H and O–H groups in total. The molecule has 2 fully saturated rings. The van der Waals surface area contributed by atoms with Crippen LogP contribution in [-0.2, 0) is 19.0 Å². The van der Waals surface area contributed by atoms with Gasteiger partial charge in [-0.25, -0.2) is 9.78 Å². The lowest BCUT2D eigenvalue weighted by atomic mass is 9.72. The van der Waals surface area contributed by atoms with Crippen LogP contribution in [-0.4, -0.2) is 31.4 Å². The van der Waals surface area contributed by atoms with Crippen molar-refractivity contribution in [3.05, 3.63) is 12.2 Å². The molecule has 2 bridgehead atoms. The second-order valence-corrected chi connectivity index (χ2v) is 13.2. The maximum Gasteiger partial charge on any atom is 0.185 e. The van der Waals surface area contributed by atoms with Gasteiger partial charge in [0, 0.05) is 0 Å². The van der Waals surface area contributed by atoms with Crippen LogP contribution in [0.4, 0.5) is 0 Å². The zero-order chi connectivity index (χ0) is 17.5. The Morgan fingerprint density at radius 1 is 1.30 bits per heavy atom. The van der Waals surface area contributed by atoms with Gasteiger partial charge in [0.15, 0.2) is 14.1 Å². The highest BCUT2D eigenvalue weighted by Crippen LogP contribution is 2.44. The fourth-order valence-electron chi connectivity index (χ4n) is 3.59. The molecule has 1 heterocycles. The molecule has 132 valence electrons. The summed E-state index contributed by atoms with van der Waals surface area (Å²) in [4.78, 5) is 23.9. The number of carbonyl (C=O) groups excluding carboxylic acids is 1. The van der Waals surface area contributed by atoms with E-state index in [-0.39, 0.29) is 11.9 Å². The molecular formula is C18H32O4Si. The van der Waals surface area contributed by atoms with Crippen LogP contribution < -0.4 is 0 Å². The van der Waals surface area contributed by atoms with E-state index in [0.29, 0.717) is 11.8 Å². The normalized spacial score (nSPS) is 35.5. The van der Waals surface area contributed by atoms with E-state index in [1.54, 1.807) is 6.08 Å². The minimum absolute atomic E-state index is 0.0175. The quantitative estimate of drug-likeness (QED) is 0.426. The monoisotopic (exact) mass is 340 g/mol. The fourth-order valence-corrected chi connectivity index (χ4v) is 5.22. The summed E-state index contributed by atoms with van der Waals surface area (Å²) in [5, 5.41) is 0. The van der Waals surface area contributed by atoms with Crippen LogP contribution in [0.5, 0.6) is 0 Å². The van der Waals surface area contributed by atoms with Gasteiger partial charge in [0.2, 0.25) is 0 Å². The summed E-state index contributed by atoms with van der Waals surface area (Å²) in [5.74, 6) is 0.934. The Balaban J connectivity index is 2.05. The maximum atomic E-state index is 12.6. The van der Waals surface area contributed by atoms with Crippen LogP contribution in [0.3, 0.4) is 0 Å². The first-order chi connectivity index (χ1) is 10.4. The SMILES string of the molecule is C[C@@H]1CC[C@H]2C[C@@H]1OO[C@]2(C)/C=C/C(=O)C(C)(C)O[Si](C)(C)C. The van der Waals surface area contributed by atoms with Gasteiger partial charge in [-0.1, -0.05) is 6.92 Å². The van der Waals surface area contributed by atoms with Crippen LogP contribution in [0, 0.1) is 11.8 Å². The molecule has 23 heavy (non-hydrogen) atoms. The van der Waals surface area contributed by atoms with E-state index in [9.17, 15) is 4.79 Å². The smallest absolute Gasteiger partial charge is 0.185 e. The second kappa shape index (κ2) is 6.43. The first-order valence-electron chi connectivity index (χ1n) is 8.71. The Morgan fingerprint density at radius 2 is 1.96 bits per heavy atom. The lowest BCUT2D eigenvalue weighted by Gasteiger charge is -2.46. The van der Waals surface area contributed by atoms with Crippen molar-refractivity contribution in [3.63, 3.8) is 0 Å². The fraction of sp³-hybridized carbons (Fsp3) is 0.833. The Kier molecular flexibility index (Phi) is 5.27. The van der Waals surface area contributed by atoms with E-state index in [1.807, 2.05) is 26.8 Å². The van der Waals surface area contributed by atoms with Crippen LogP contribution in [0.15, 0.2) is 12.2 Å². The lowest BCUT2D eigenvalue weighted by Crippen LogP contribution is -2.49. The highest BCUT2D eigenvalue weighted by Gasteiger charge is 2.45. The molecule has 4 atom stereocenters. The van der Waals surface area contributed by atoms with Crippen molar-refractivity contribution < 1.29 is 19.0 Å². The summed E-state index contributed by atoms with van der Waals surface area (Å²) in [7, 11) is -1.78. The lowest BCUT2D eigenvalue weighted by molar-refractivity contribution is -0.421. The molecule has 0 unspecified atom stereocenters. The molecule has 0 amide bonds. The highest BCUT2D eigenvalue weighted by molar-refractivity contribution is 6.70. The molecule has 1 aliphatic carbocycles. The van der Waals surface area contributed by atoms with Gasteiger partial charge in [-0.15, -0.1) is 0 Å². The van der Waals surface area contributed by atoms with Crippen molar-refractivity contribution in [2.45, 2.75) is 83.9 Å². The molecule has 0 aromatic rings. The summed E-state index contributed by atoms with van der Waals surface area (Å²) in [6.45, 7) is 14.2. The van der Waals surface area contributed by atoms with Crippen LogP contribution >= 0.6 is 0 Å². The van der Waals surface area contributed by atoms with Crippen LogP contribution in [0.2, 0.25) is 19.6 Å². The van der Waals surface area contributed by atoms with E-state index in [0.717, 1.165) is 19.3 Å². The van der Waals surface area contributed by atoms with Crippen molar-refractivity contribution in [3.8, 4) is 0 Å². The molecule has 1 saturated carbocycles. The summed E-state index contributed by atoms with van der Waals surface area (Å²) >= 11 is 0. The molecule has 1 saturated heterocycles. The minimum atomic E-state index is -1.78. The largest absolute Gasteiger partial charge is 0.405 e. The predicted octanol–water partition coefficient (Wildman–Crippen LogP) is 4.27. The van der Waals surface area contributed by atoms with Crippen LogP contribution in [0.1, 0.15) is 47.0 Å². The summed E-state index contributed by atoms with van der Waals surface area (Å²) in [5.41, 5.74) is -1.32.